The maximum absolute atomic E-state index is 6.67. The predicted molar refractivity (Wildman–Crippen MR) is 258 cm³/mol. The first kappa shape index (κ1) is 33.5. The lowest BCUT2D eigenvalue weighted by atomic mass is 9.84. The summed E-state index contributed by atoms with van der Waals surface area (Å²) in [6.45, 7) is 0. The zero-order valence-electron chi connectivity index (χ0n) is 32.4. The number of rotatable bonds is 4. The van der Waals surface area contributed by atoms with Crippen LogP contribution in [0, 0.1) is 0 Å². The maximum atomic E-state index is 6.67. The van der Waals surface area contributed by atoms with Crippen LogP contribution >= 0.6 is 11.3 Å². The molecule has 278 valence electrons. The van der Waals surface area contributed by atoms with E-state index in [2.05, 4.69) is 200 Å². The van der Waals surface area contributed by atoms with Crippen molar-refractivity contribution in [1.29, 1.82) is 0 Å². The zero-order chi connectivity index (χ0) is 39.3. The van der Waals surface area contributed by atoms with E-state index < -0.39 is 0 Å². The van der Waals surface area contributed by atoms with Crippen LogP contribution in [0.15, 0.2) is 211 Å². The molecule has 0 saturated carbocycles. The first-order valence-corrected chi connectivity index (χ1v) is 21.4. The van der Waals surface area contributed by atoms with Gasteiger partial charge in [-0.25, -0.2) is 0 Å². The normalized spacial score (nSPS) is 12.0. The monoisotopic (exact) mass is 778 g/mol. The molecule has 0 aliphatic carbocycles. The highest BCUT2D eigenvalue weighted by Gasteiger charge is 2.24. The van der Waals surface area contributed by atoms with Crippen LogP contribution in [0.5, 0.6) is 0 Å². The Morgan fingerprint density at radius 3 is 1.30 bits per heavy atom. The van der Waals surface area contributed by atoms with Gasteiger partial charge in [-0.3, -0.25) is 0 Å². The third kappa shape index (κ3) is 4.74. The molecule has 0 aliphatic rings. The maximum Gasteiger partial charge on any atom is 0.143 e. The van der Waals surface area contributed by atoms with Gasteiger partial charge in [0, 0.05) is 47.6 Å². The van der Waals surface area contributed by atoms with Crippen molar-refractivity contribution in [3.05, 3.63) is 206 Å². The molecule has 0 atom stereocenters. The molecule has 1 nitrogen and oxygen atoms in total. The van der Waals surface area contributed by atoms with Gasteiger partial charge in [0.05, 0.1) is 0 Å². The van der Waals surface area contributed by atoms with E-state index in [9.17, 15) is 0 Å². The Kier molecular flexibility index (Phi) is 7.24. The number of thiophene rings is 1. The highest BCUT2D eigenvalue weighted by atomic mass is 32.1. The van der Waals surface area contributed by atoms with Crippen molar-refractivity contribution in [2.75, 3.05) is 0 Å². The first-order chi connectivity index (χ1) is 29.8. The first-order valence-electron chi connectivity index (χ1n) is 20.6. The van der Waals surface area contributed by atoms with Crippen molar-refractivity contribution < 1.29 is 4.42 Å². The second-order valence-electron chi connectivity index (χ2n) is 15.8. The summed E-state index contributed by atoms with van der Waals surface area (Å²) >= 11 is 1.91. The Bertz CT molecular complexity index is 3770. The summed E-state index contributed by atoms with van der Waals surface area (Å²) in [5.41, 5.74) is 11.8. The van der Waals surface area contributed by atoms with Crippen LogP contribution in [0.25, 0.3) is 130 Å². The fourth-order valence-electron chi connectivity index (χ4n) is 10.2. The third-order valence-electron chi connectivity index (χ3n) is 12.7. The van der Waals surface area contributed by atoms with Gasteiger partial charge in [0.15, 0.2) is 0 Å². The van der Waals surface area contributed by atoms with Crippen LogP contribution in [0.4, 0.5) is 0 Å². The van der Waals surface area contributed by atoms with Crippen LogP contribution in [-0.4, -0.2) is 0 Å². The summed E-state index contributed by atoms with van der Waals surface area (Å²) in [7, 11) is 0. The summed E-state index contributed by atoms with van der Waals surface area (Å²) in [6.07, 6.45) is 0. The summed E-state index contributed by atoms with van der Waals surface area (Å²) in [4.78, 5) is 0. The van der Waals surface area contributed by atoms with Crippen molar-refractivity contribution >= 4 is 96.5 Å². The number of hydrogen-bond acceptors (Lipinski definition) is 2. The lowest BCUT2D eigenvalue weighted by Gasteiger charge is -2.19. The van der Waals surface area contributed by atoms with E-state index in [1.807, 2.05) is 17.4 Å². The van der Waals surface area contributed by atoms with Crippen molar-refractivity contribution in [2.24, 2.45) is 0 Å². The van der Waals surface area contributed by atoms with Gasteiger partial charge in [-0.1, -0.05) is 194 Å². The Balaban J connectivity index is 1.11. The minimum Gasteiger partial charge on any atom is -0.455 e. The predicted octanol–water partition coefficient (Wildman–Crippen LogP) is 17.2. The summed E-state index contributed by atoms with van der Waals surface area (Å²) in [6, 6.07) is 75.5. The van der Waals surface area contributed by atoms with Crippen LogP contribution in [0.3, 0.4) is 0 Å². The van der Waals surface area contributed by atoms with E-state index >= 15 is 0 Å². The van der Waals surface area contributed by atoms with Crippen molar-refractivity contribution in [2.45, 2.75) is 0 Å². The second kappa shape index (κ2) is 13.0. The van der Waals surface area contributed by atoms with E-state index in [-0.39, 0.29) is 0 Å². The quantitative estimate of drug-likeness (QED) is 0.162. The molecule has 0 radical (unpaired) electrons. The average Bonchev–Trinajstić information content (AvgIpc) is 3.90. The van der Waals surface area contributed by atoms with Crippen LogP contribution in [0.1, 0.15) is 0 Å². The van der Waals surface area contributed by atoms with E-state index in [0.29, 0.717) is 0 Å². The fourth-order valence-corrected chi connectivity index (χ4v) is 11.5. The molecule has 13 rings (SSSR count). The number of benzene rings is 11. The van der Waals surface area contributed by atoms with Gasteiger partial charge in [-0.2, -0.15) is 0 Å². The molecule has 0 N–H and O–H groups in total. The van der Waals surface area contributed by atoms with E-state index in [4.69, 9.17) is 4.42 Å². The average molecular weight is 779 g/mol. The highest BCUT2D eigenvalue weighted by molar-refractivity contribution is 7.26. The molecule has 0 amide bonds. The van der Waals surface area contributed by atoms with Gasteiger partial charge in [-0.15, -0.1) is 11.3 Å². The fraction of sp³-hybridized carbons (Fsp3) is 0. The number of furan rings is 1. The standard InChI is InChI=1S/C58H34OS/c1-2-17-35(18-3-1)52-37-20-4-6-22-39(37)53(40-23-7-5-21-38(40)52)46-29-16-34-51-56(46)49-32-15-31-48(58(49)60-51)55-43-26-10-8-24-41(43)54(42-25-9-11-27-44(42)55)47-30-14-28-45-36-19-12-13-33-50(36)59-57(45)47/h1-34H. The molecule has 0 aliphatic heterocycles. The lowest BCUT2D eigenvalue weighted by molar-refractivity contribution is 0.670. The molecule has 0 spiro atoms. The zero-order valence-corrected chi connectivity index (χ0v) is 33.3. The number of fused-ring (bicyclic) bond motifs is 10. The molecule has 11 aromatic carbocycles. The molecule has 0 fully saturated rings. The Labute approximate surface area is 350 Å². The van der Waals surface area contributed by atoms with Crippen molar-refractivity contribution in [3.8, 4) is 44.5 Å². The summed E-state index contributed by atoms with van der Waals surface area (Å²) in [5.74, 6) is 0. The second-order valence-corrected chi connectivity index (χ2v) is 16.8. The smallest absolute Gasteiger partial charge is 0.143 e. The summed E-state index contributed by atoms with van der Waals surface area (Å²) < 4.78 is 9.27. The van der Waals surface area contributed by atoms with Crippen molar-refractivity contribution in [1.82, 2.24) is 0 Å². The Morgan fingerprint density at radius 1 is 0.283 bits per heavy atom. The molecule has 2 heteroatoms. The number of para-hydroxylation sites is 2. The molecule has 13 aromatic rings. The SMILES string of the molecule is c1ccc(-c2c3ccccc3c(-c3cccc4sc5c(-c6c7ccccc7c(-c7cccc8c7oc7ccccc78)c7ccccc67)cccc5c34)c3ccccc23)cc1. The van der Waals surface area contributed by atoms with E-state index in [0.717, 1.165) is 27.5 Å². The van der Waals surface area contributed by atoms with Gasteiger partial charge < -0.3 is 4.42 Å². The van der Waals surface area contributed by atoms with Gasteiger partial charge in [0.1, 0.15) is 11.2 Å². The van der Waals surface area contributed by atoms with Gasteiger partial charge >= 0.3 is 0 Å². The Morgan fingerprint density at radius 2 is 0.700 bits per heavy atom. The molecule has 2 aromatic heterocycles. The van der Waals surface area contributed by atoms with Crippen molar-refractivity contribution in [3.63, 3.8) is 0 Å². The van der Waals surface area contributed by atoms with Crippen LogP contribution in [-0.2, 0) is 0 Å². The van der Waals surface area contributed by atoms with E-state index in [1.165, 1.54) is 102 Å². The molecule has 0 bridgehead atoms. The van der Waals surface area contributed by atoms with E-state index in [1.54, 1.807) is 0 Å². The minimum absolute atomic E-state index is 0.911. The summed E-state index contributed by atoms with van der Waals surface area (Å²) in [5, 5.41) is 14.9. The molecule has 60 heavy (non-hydrogen) atoms. The van der Waals surface area contributed by atoms with Gasteiger partial charge in [0.25, 0.3) is 0 Å². The lowest BCUT2D eigenvalue weighted by Crippen LogP contribution is -1.91. The molecule has 2 heterocycles. The topological polar surface area (TPSA) is 13.1 Å². The molecule has 0 unspecified atom stereocenters. The van der Waals surface area contributed by atoms with Gasteiger partial charge in [-0.05, 0) is 83.0 Å². The van der Waals surface area contributed by atoms with Gasteiger partial charge in [0.2, 0.25) is 0 Å². The largest absolute Gasteiger partial charge is 0.455 e. The highest BCUT2D eigenvalue weighted by Crippen LogP contribution is 2.52. The third-order valence-corrected chi connectivity index (χ3v) is 13.9. The van der Waals surface area contributed by atoms with Crippen LogP contribution in [0.2, 0.25) is 0 Å². The Hall–Kier alpha value is -7.52. The molecule has 0 saturated heterocycles. The van der Waals surface area contributed by atoms with Crippen LogP contribution < -0.4 is 0 Å². The molecular weight excluding hydrogens is 745 g/mol. The minimum atomic E-state index is 0.911. The molecular formula is C58H34OS. The number of hydrogen-bond donors (Lipinski definition) is 0.